The highest BCUT2D eigenvalue weighted by Crippen LogP contribution is 2.37. The minimum absolute atomic E-state index is 0.0217. The number of carbonyl (C=O) groups excluding carboxylic acids is 1. The summed E-state index contributed by atoms with van der Waals surface area (Å²) in [5.41, 5.74) is -1.31. The lowest BCUT2D eigenvalue weighted by atomic mass is 10.1. The highest BCUT2D eigenvalue weighted by molar-refractivity contribution is 5.90. The summed E-state index contributed by atoms with van der Waals surface area (Å²) in [4.78, 5) is 13.5. The first kappa shape index (κ1) is 17.4. The predicted molar refractivity (Wildman–Crippen MR) is 77.5 cm³/mol. The molecule has 1 aromatic carbocycles. The number of aliphatic hydroxyl groups excluding tert-OH is 1. The first-order valence-electron chi connectivity index (χ1n) is 7.13. The minimum atomic E-state index is -4.63. The summed E-state index contributed by atoms with van der Waals surface area (Å²) in [7, 11) is 0. The molecule has 1 fully saturated rings. The maximum Gasteiger partial charge on any atom is 0.418 e. The number of rotatable bonds is 4. The molecule has 1 aromatic rings. The molecule has 0 aromatic heterocycles. The maximum absolute atomic E-state index is 13.2. The van der Waals surface area contributed by atoms with Gasteiger partial charge in [-0.2, -0.15) is 13.2 Å². The summed E-state index contributed by atoms with van der Waals surface area (Å²) >= 11 is 0. The van der Waals surface area contributed by atoms with Crippen molar-refractivity contribution in [3.8, 4) is 5.75 Å². The second kappa shape index (κ2) is 7.51. The zero-order chi connectivity index (χ0) is 16.9. The van der Waals surface area contributed by atoms with Crippen LogP contribution in [0.1, 0.15) is 5.56 Å². The van der Waals surface area contributed by atoms with E-state index in [4.69, 9.17) is 9.84 Å². The van der Waals surface area contributed by atoms with E-state index in [0.29, 0.717) is 26.2 Å². The third-order valence-corrected chi connectivity index (χ3v) is 3.30. The molecule has 2 amide bonds. The molecular weight excluding hydrogens is 315 g/mol. The van der Waals surface area contributed by atoms with E-state index in [2.05, 4.69) is 10.6 Å². The Morgan fingerprint density at radius 1 is 1.35 bits per heavy atom. The van der Waals surface area contributed by atoms with Gasteiger partial charge in [-0.3, -0.25) is 0 Å². The Kier molecular flexibility index (Phi) is 5.67. The quantitative estimate of drug-likeness (QED) is 0.781. The predicted octanol–water partition coefficient (Wildman–Crippen LogP) is 1.51. The molecule has 1 aliphatic heterocycles. The van der Waals surface area contributed by atoms with Crippen molar-refractivity contribution < 1.29 is 27.8 Å². The average Bonchev–Trinajstić information content (AvgIpc) is 2.53. The fourth-order valence-electron chi connectivity index (χ4n) is 2.18. The summed E-state index contributed by atoms with van der Waals surface area (Å²) in [6.07, 6.45) is -4.63. The number of anilines is 1. The number of amides is 2. The van der Waals surface area contributed by atoms with Crippen molar-refractivity contribution in [2.24, 2.45) is 0 Å². The lowest BCUT2D eigenvalue weighted by molar-refractivity contribution is -0.137. The van der Waals surface area contributed by atoms with E-state index in [0.717, 1.165) is 12.1 Å². The second-order valence-corrected chi connectivity index (χ2v) is 4.94. The van der Waals surface area contributed by atoms with Crippen LogP contribution in [-0.4, -0.2) is 55.4 Å². The molecule has 0 radical (unpaired) electrons. The number of halogens is 3. The number of benzene rings is 1. The molecule has 0 aliphatic carbocycles. The number of piperazine rings is 1. The maximum atomic E-state index is 13.2. The topological polar surface area (TPSA) is 73.8 Å². The number of aliphatic hydroxyl groups is 1. The molecular formula is C14H18F3N3O3. The van der Waals surface area contributed by atoms with Gasteiger partial charge in [0.1, 0.15) is 12.4 Å². The Balaban J connectivity index is 2.17. The molecule has 3 N–H and O–H groups in total. The largest absolute Gasteiger partial charge is 0.491 e. The fraction of sp³-hybridized carbons (Fsp3) is 0.500. The summed E-state index contributed by atoms with van der Waals surface area (Å²) in [5, 5.41) is 14.0. The van der Waals surface area contributed by atoms with Crippen molar-refractivity contribution in [3.63, 3.8) is 0 Å². The van der Waals surface area contributed by atoms with E-state index < -0.39 is 17.8 Å². The molecule has 0 atom stereocenters. The van der Waals surface area contributed by atoms with Crippen molar-refractivity contribution >= 4 is 11.7 Å². The Bertz CT molecular complexity index is 546. The van der Waals surface area contributed by atoms with Crippen LogP contribution in [0.4, 0.5) is 23.7 Å². The number of nitrogens with zero attached hydrogens (tertiary/aromatic N) is 1. The lowest BCUT2D eigenvalue weighted by Gasteiger charge is -2.28. The molecule has 9 heteroatoms. The van der Waals surface area contributed by atoms with Crippen molar-refractivity contribution in [1.29, 1.82) is 0 Å². The van der Waals surface area contributed by atoms with Gasteiger partial charge in [0.2, 0.25) is 0 Å². The third-order valence-electron chi connectivity index (χ3n) is 3.30. The van der Waals surface area contributed by atoms with Gasteiger partial charge in [0.15, 0.2) is 0 Å². The molecule has 0 saturated carbocycles. The number of nitrogens with one attached hydrogen (secondary N) is 2. The van der Waals surface area contributed by atoms with Crippen LogP contribution in [0.2, 0.25) is 0 Å². The molecule has 1 aliphatic rings. The van der Waals surface area contributed by atoms with Gasteiger partial charge in [-0.15, -0.1) is 0 Å². The Morgan fingerprint density at radius 2 is 2.04 bits per heavy atom. The summed E-state index contributed by atoms with van der Waals surface area (Å²) in [6.45, 7) is 1.67. The van der Waals surface area contributed by atoms with Crippen LogP contribution in [0.15, 0.2) is 18.2 Å². The van der Waals surface area contributed by atoms with E-state index in [-0.39, 0.29) is 24.7 Å². The van der Waals surface area contributed by atoms with Gasteiger partial charge in [-0.05, 0) is 18.2 Å². The van der Waals surface area contributed by atoms with Crippen LogP contribution in [-0.2, 0) is 6.18 Å². The standard InChI is InChI=1S/C14H18F3N3O3/c15-14(16,17)11-9-10(23-8-7-21)1-2-12(11)19-13(22)20-5-3-18-4-6-20/h1-2,9,18,21H,3-8H2,(H,19,22). The highest BCUT2D eigenvalue weighted by Gasteiger charge is 2.35. The zero-order valence-electron chi connectivity index (χ0n) is 12.3. The van der Waals surface area contributed by atoms with Crippen LogP contribution < -0.4 is 15.4 Å². The van der Waals surface area contributed by atoms with Crippen molar-refractivity contribution in [2.75, 3.05) is 44.7 Å². The van der Waals surface area contributed by atoms with Gasteiger partial charge in [-0.1, -0.05) is 0 Å². The zero-order valence-corrected chi connectivity index (χ0v) is 12.3. The number of hydrogen-bond acceptors (Lipinski definition) is 4. The van der Waals surface area contributed by atoms with Crippen molar-refractivity contribution in [1.82, 2.24) is 10.2 Å². The molecule has 2 rings (SSSR count). The highest BCUT2D eigenvalue weighted by atomic mass is 19.4. The molecule has 0 spiro atoms. The molecule has 23 heavy (non-hydrogen) atoms. The molecule has 6 nitrogen and oxygen atoms in total. The van der Waals surface area contributed by atoms with Crippen molar-refractivity contribution in [2.45, 2.75) is 6.18 Å². The lowest BCUT2D eigenvalue weighted by Crippen LogP contribution is -2.48. The van der Waals surface area contributed by atoms with E-state index in [9.17, 15) is 18.0 Å². The third kappa shape index (κ3) is 4.73. The van der Waals surface area contributed by atoms with Gasteiger partial charge in [0.25, 0.3) is 0 Å². The van der Waals surface area contributed by atoms with Crippen LogP contribution >= 0.6 is 0 Å². The van der Waals surface area contributed by atoms with E-state index in [1.54, 1.807) is 0 Å². The van der Waals surface area contributed by atoms with Gasteiger partial charge < -0.3 is 25.4 Å². The molecule has 128 valence electrons. The number of hydrogen-bond donors (Lipinski definition) is 3. The number of urea groups is 1. The van der Waals surface area contributed by atoms with E-state index in [1.807, 2.05) is 0 Å². The molecule has 1 saturated heterocycles. The van der Waals surface area contributed by atoms with E-state index in [1.165, 1.54) is 11.0 Å². The van der Waals surface area contributed by atoms with Gasteiger partial charge in [0.05, 0.1) is 17.9 Å². The Hall–Kier alpha value is -2.00. The Labute approximate surface area is 131 Å². The normalized spacial score (nSPS) is 15.4. The molecule has 1 heterocycles. The molecule has 0 unspecified atom stereocenters. The SMILES string of the molecule is O=C(Nc1ccc(OCCO)cc1C(F)(F)F)N1CCNCC1. The van der Waals surface area contributed by atoms with Gasteiger partial charge in [0, 0.05) is 26.2 Å². The van der Waals surface area contributed by atoms with Gasteiger partial charge in [-0.25, -0.2) is 4.79 Å². The number of alkyl halides is 3. The van der Waals surface area contributed by atoms with Crippen LogP contribution in [0, 0.1) is 0 Å². The average molecular weight is 333 g/mol. The smallest absolute Gasteiger partial charge is 0.418 e. The van der Waals surface area contributed by atoms with Crippen LogP contribution in [0.25, 0.3) is 0 Å². The van der Waals surface area contributed by atoms with Crippen LogP contribution in [0.3, 0.4) is 0 Å². The molecule has 0 bridgehead atoms. The number of carbonyl (C=O) groups is 1. The monoisotopic (exact) mass is 333 g/mol. The fourth-order valence-corrected chi connectivity index (χ4v) is 2.18. The Morgan fingerprint density at radius 3 is 2.65 bits per heavy atom. The number of ether oxygens (including phenoxy) is 1. The summed E-state index contributed by atoms with van der Waals surface area (Å²) in [6, 6.07) is 2.71. The second-order valence-electron chi connectivity index (χ2n) is 4.94. The van der Waals surface area contributed by atoms with Gasteiger partial charge >= 0.3 is 12.2 Å². The summed E-state index contributed by atoms with van der Waals surface area (Å²) in [5.74, 6) is -0.0217. The summed E-state index contributed by atoms with van der Waals surface area (Å²) < 4.78 is 44.5. The first-order valence-corrected chi connectivity index (χ1v) is 7.13. The van der Waals surface area contributed by atoms with Crippen molar-refractivity contribution in [3.05, 3.63) is 23.8 Å². The van der Waals surface area contributed by atoms with E-state index >= 15 is 0 Å². The van der Waals surface area contributed by atoms with Crippen LogP contribution in [0.5, 0.6) is 5.75 Å². The minimum Gasteiger partial charge on any atom is -0.491 e. The first-order chi connectivity index (χ1) is 10.9.